The molecule has 1 heterocycles. The highest BCUT2D eigenvalue weighted by molar-refractivity contribution is 5.81. The van der Waals surface area contributed by atoms with Gasteiger partial charge in [0.25, 0.3) is 5.56 Å². The molecule has 2 rings (SSSR count). The second-order valence-corrected chi connectivity index (χ2v) is 4.96. The number of rotatable bonds is 6. The van der Waals surface area contributed by atoms with Gasteiger partial charge < -0.3 is 15.0 Å². The third kappa shape index (κ3) is 3.84. The number of hydrogen-bond donors (Lipinski definition) is 2. The molecule has 0 saturated heterocycles. The molecule has 1 aromatic carbocycles. The van der Waals surface area contributed by atoms with Crippen molar-refractivity contribution >= 4 is 16.8 Å². The van der Waals surface area contributed by atoms with Gasteiger partial charge in [0.15, 0.2) is 0 Å². The van der Waals surface area contributed by atoms with Crippen LogP contribution < -0.4 is 15.6 Å². The van der Waals surface area contributed by atoms with E-state index >= 15 is 0 Å². The van der Waals surface area contributed by atoms with Crippen LogP contribution in [-0.4, -0.2) is 18.0 Å². The maximum Gasteiger partial charge on any atom is 0.253 e. The first-order valence-corrected chi connectivity index (χ1v) is 7.10. The average Bonchev–Trinajstić information content (AvgIpc) is 2.50. The Morgan fingerprint density at radius 3 is 2.86 bits per heavy atom. The van der Waals surface area contributed by atoms with Crippen molar-refractivity contribution in [2.45, 2.75) is 32.7 Å². The molecule has 1 amide bonds. The quantitative estimate of drug-likeness (QED) is 0.857. The predicted octanol–water partition coefficient (Wildman–Crippen LogP) is 2.34. The predicted molar refractivity (Wildman–Crippen MR) is 82.5 cm³/mol. The number of benzene rings is 1. The molecule has 2 aromatic rings. The SMILES string of the molecule is CCCCC(=O)NCc1cc2cc(OC)ccc2[nH]c1=O. The van der Waals surface area contributed by atoms with Crippen molar-refractivity contribution < 1.29 is 9.53 Å². The maximum atomic E-state index is 12.0. The summed E-state index contributed by atoms with van der Waals surface area (Å²) in [5.41, 5.74) is 1.12. The van der Waals surface area contributed by atoms with Crippen molar-refractivity contribution in [1.29, 1.82) is 0 Å². The lowest BCUT2D eigenvalue weighted by atomic mass is 10.1. The Labute approximate surface area is 123 Å². The third-order valence-corrected chi connectivity index (χ3v) is 3.36. The zero-order valence-corrected chi connectivity index (χ0v) is 12.4. The minimum absolute atomic E-state index is 0.0259. The van der Waals surface area contributed by atoms with Crippen molar-refractivity contribution in [3.63, 3.8) is 0 Å². The number of carbonyl (C=O) groups excluding carboxylic acids is 1. The minimum atomic E-state index is -0.177. The van der Waals surface area contributed by atoms with Gasteiger partial charge in [0.05, 0.1) is 7.11 Å². The van der Waals surface area contributed by atoms with E-state index in [-0.39, 0.29) is 18.0 Å². The molecule has 0 aliphatic rings. The van der Waals surface area contributed by atoms with Crippen molar-refractivity contribution in [1.82, 2.24) is 10.3 Å². The molecule has 0 aliphatic carbocycles. The second-order valence-electron chi connectivity index (χ2n) is 4.96. The Morgan fingerprint density at radius 1 is 1.33 bits per heavy atom. The molecular weight excluding hydrogens is 268 g/mol. The first kappa shape index (κ1) is 15.1. The van der Waals surface area contributed by atoms with Gasteiger partial charge in [0.1, 0.15) is 5.75 Å². The van der Waals surface area contributed by atoms with Crippen LogP contribution in [-0.2, 0) is 11.3 Å². The highest BCUT2D eigenvalue weighted by Gasteiger charge is 2.06. The molecule has 0 unspecified atom stereocenters. The summed E-state index contributed by atoms with van der Waals surface area (Å²) in [6, 6.07) is 7.24. The van der Waals surface area contributed by atoms with Gasteiger partial charge in [0, 0.05) is 29.4 Å². The number of aromatic amines is 1. The summed E-state index contributed by atoms with van der Waals surface area (Å²) in [4.78, 5) is 26.4. The van der Waals surface area contributed by atoms with Crippen LogP contribution >= 0.6 is 0 Å². The molecule has 5 heteroatoms. The van der Waals surface area contributed by atoms with Crippen LogP contribution in [0.1, 0.15) is 31.7 Å². The molecule has 112 valence electrons. The van der Waals surface area contributed by atoms with Crippen LogP contribution in [0.25, 0.3) is 10.9 Å². The molecule has 2 N–H and O–H groups in total. The van der Waals surface area contributed by atoms with E-state index in [1.165, 1.54) is 0 Å². The highest BCUT2D eigenvalue weighted by Crippen LogP contribution is 2.18. The summed E-state index contributed by atoms with van der Waals surface area (Å²) < 4.78 is 5.17. The van der Waals surface area contributed by atoms with E-state index in [4.69, 9.17) is 4.74 Å². The van der Waals surface area contributed by atoms with Crippen LogP contribution in [0.2, 0.25) is 0 Å². The largest absolute Gasteiger partial charge is 0.497 e. The summed E-state index contributed by atoms with van der Waals surface area (Å²) in [5.74, 6) is 0.703. The van der Waals surface area contributed by atoms with Crippen molar-refractivity contribution in [2.75, 3.05) is 7.11 Å². The van der Waals surface area contributed by atoms with E-state index in [0.717, 1.165) is 29.5 Å². The van der Waals surface area contributed by atoms with E-state index < -0.39 is 0 Å². The van der Waals surface area contributed by atoms with Crippen molar-refractivity contribution in [2.24, 2.45) is 0 Å². The molecule has 0 saturated carbocycles. The monoisotopic (exact) mass is 288 g/mol. The number of H-pyrrole nitrogens is 1. The summed E-state index contributed by atoms with van der Waals surface area (Å²) in [6.45, 7) is 2.28. The van der Waals surface area contributed by atoms with Gasteiger partial charge in [-0.3, -0.25) is 9.59 Å². The van der Waals surface area contributed by atoms with E-state index in [2.05, 4.69) is 10.3 Å². The Kier molecular flexibility index (Phi) is 4.98. The smallest absolute Gasteiger partial charge is 0.253 e. The Balaban J connectivity index is 2.17. The fourth-order valence-electron chi connectivity index (χ4n) is 2.11. The fourth-order valence-corrected chi connectivity index (χ4v) is 2.11. The Hall–Kier alpha value is -2.30. The molecule has 1 aromatic heterocycles. The summed E-state index contributed by atoms with van der Waals surface area (Å²) >= 11 is 0. The average molecular weight is 288 g/mol. The van der Waals surface area contributed by atoms with E-state index in [9.17, 15) is 9.59 Å². The van der Waals surface area contributed by atoms with Gasteiger partial charge >= 0.3 is 0 Å². The van der Waals surface area contributed by atoms with Crippen molar-refractivity contribution in [3.8, 4) is 5.75 Å². The number of methoxy groups -OCH3 is 1. The molecule has 0 fully saturated rings. The molecule has 0 spiro atoms. The van der Waals surface area contributed by atoms with E-state index in [0.29, 0.717) is 12.0 Å². The molecule has 5 nitrogen and oxygen atoms in total. The molecule has 0 bridgehead atoms. The Bertz CT molecular complexity index is 691. The second kappa shape index (κ2) is 6.92. The number of nitrogens with one attached hydrogen (secondary N) is 2. The Morgan fingerprint density at radius 2 is 2.14 bits per heavy atom. The van der Waals surface area contributed by atoms with Gasteiger partial charge in [0.2, 0.25) is 5.91 Å². The number of ether oxygens (including phenoxy) is 1. The zero-order chi connectivity index (χ0) is 15.2. The van der Waals surface area contributed by atoms with Crippen LogP contribution in [0.4, 0.5) is 0 Å². The summed E-state index contributed by atoms with van der Waals surface area (Å²) in [6.07, 6.45) is 2.33. The minimum Gasteiger partial charge on any atom is -0.497 e. The third-order valence-electron chi connectivity index (χ3n) is 3.36. The van der Waals surface area contributed by atoms with Crippen LogP contribution in [0.5, 0.6) is 5.75 Å². The van der Waals surface area contributed by atoms with Gasteiger partial charge in [-0.1, -0.05) is 13.3 Å². The van der Waals surface area contributed by atoms with E-state index in [1.807, 2.05) is 13.0 Å². The first-order chi connectivity index (χ1) is 10.1. The molecule has 21 heavy (non-hydrogen) atoms. The number of fused-ring (bicyclic) bond motifs is 1. The van der Waals surface area contributed by atoms with Crippen LogP contribution in [0, 0.1) is 0 Å². The first-order valence-electron chi connectivity index (χ1n) is 7.10. The van der Waals surface area contributed by atoms with Crippen molar-refractivity contribution in [3.05, 3.63) is 40.2 Å². The van der Waals surface area contributed by atoms with E-state index in [1.54, 1.807) is 25.3 Å². The number of pyridine rings is 1. The number of aromatic nitrogens is 1. The van der Waals surface area contributed by atoms with Gasteiger partial charge in [-0.25, -0.2) is 0 Å². The number of carbonyl (C=O) groups is 1. The molecule has 0 aliphatic heterocycles. The number of amides is 1. The summed E-state index contributed by atoms with van der Waals surface area (Å²) in [5, 5.41) is 3.66. The lowest BCUT2D eigenvalue weighted by molar-refractivity contribution is -0.121. The molecule has 0 radical (unpaired) electrons. The molecule has 0 atom stereocenters. The highest BCUT2D eigenvalue weighted by atomic mass is 16.5. The fraction of sp³-hybridized carbons (Fsp3) is 0.375. The lowest BCUT2D eigenvalue weighted by Gasteiger charge is -2.07. The maximum absolute atomic E-state index is 12.0. The summed E-state index contributed by atoms with van der Waals surface area (Å²) in [7, 11) is 1.60. The zero-order valence-electron chi connectivity index (χ0n) is 12.4. The van der Waals surface area contributed by atoms with Crippen LogP contribution in [0.15, 0.2) is 29.1 Å². The lowest BCUT2D eigenvalue weighted by Crippen LogP contribution is -2.26. The topological polar surface area (TPSA) is 71.2 Å². The van der Waals surface area contributed by atoms with Gasteiger partial charge in [-0.05, 0) is 30.7 Å². The standard InChI is InChI=1S/C16H20N2O3/c1-3-4-5-15(19)17-10-12-8-11-9-13(21-2)6-7-14(11)18-16(12)20/h6-9H,3-5,10H2,1-2H3,(H,17,19)(H,18,20). The van der Waals surface area contributed by atoms with Gasteiger partial charge in [-0.2, -0.15) is 0 Å². The number of unbranched alkanes of at least 4 members (excludes halogenated alkanes) is 1. The van der Waals surface area contributed by atoms with Gasteiger partial charge in [-0.15, -0.1) is 0 Å². The van der Waals surface area contributed by atoms with Crippen LogP contribution in [0.3, 0.4) is 0 Å². The number of hydrogen-bond acceptors (Lipinski definition) is 3. The molecular formula is C16H20N2O3. The normalized spacial score (nSPS) is 10.6.